The van der Waals surface area contributed by atoms with Crippen LogP contribution in [0.1, 0.15) is 29.7 Å². The highest BCUT2D eigenvalue weighted by Gasteiger charge is 2.27. The van der Waals surface area contributed by atoms with Gasteiger partial charge in [0.1, 0.15) is 12.3 Å². The number of aryl methyl sites for hydroxylation is 1. The Hall–Kier alpha value is -3.06. The van der Waals surface area contributed by atoms with Gasteiger partial charge in [-0.1, -0.05) is 11.6 Å². The number of anilines is 2. The molecule has 0 saturated carbocycles. The Kier molecular flexibility index (Phi) is 12.6. The van der Waals surface area contributed by atoms with Crippen molar-refractivity contribution < 1.29 is 31.3 Å². The number of nitrogens with one attached hydrogen (secondary N) is 3. The van der Waals surface area contributed by atoms with Crippen molar-refractivity contribution in [2.24, 2.45) is 0 Å². The van der Waals surface area contributed by atoms with E-state index >= 15 is 0 Å². The molecule has 0 bridgehead atoms. The second-order valence-electron chi connectivity index (χ2n) is 7.72. The third kappa shape index (κ3) is 7.48. The molecular weight excluding hydrogens is 545 g/mol. The van der Waals surface area contributed by atoms with E-state index in [1.165, 1.54) is 0 Å². The van der Waals surface area contributed by atoms with Gasteiger partial charge in [-0.25, -0.2) is 19.1 Å². The number of carbonyl (C=O) groups excluding carboxylic acids is 2. The van der Waals surface area contributed by atoms with E-state index in [4.69, 9.17) is 27.8 Å². The van der Waals surface area contributed by atoms with E-state index in [1.807, 2.05) is 41.3 Å². The highest BCUT2D eigenvalue weighted by Crippen LogP contribution is 2.22. The van der Waals surface area contributed by atoms with Crippen LogP contribution in [0, 0.1) is 0 Å². The number of hydrogen-bond donors (Lipinski definition) is 5. The van der Waals surface area contributed by atoms with Gasteiger partial charge in [0, 0.05) is 12.6 Å². The van der Waals surface area contributed by atoms with Crippen molar-refractivity contribution in [3.63, 3.8) is 0 Å². The second kappa shape index (κ2) is 14.6. The molecule has 0 unspecified atom stereocenters. The minimum Gasteiger partial charge on any atom is -1.00 e. The monoisotopic (exact) mass is 575 g/mol. The summed E-state index contributed by atoms with van der Waals surface area (Å²) < 4.78 is 9.27. The average molecular weight is 577 g/mol. The van der Waals surface area contributed by atoms with Crippen molar-refractivity contribution >= 4 is 58.5 Å². The van der Waals surface area contributed by atoms with Crippen LogP contribution in [0.3, 0.4) is 0 Å². The number of nitrogens with two attached hydrogens (primary N) is 2. The lowest BCUT2D eigenvalue weighted by molar-refractivity contribution is -0.667. The Morgan fingerprint density at radius 1 is 1.16 bits per heavy atom. The number of nitrogens with zero attached hydrogens (tertiary/aromatic N) is 4. The van der Waals surface area contributed by atoms with E-state index in [0.29, 0.717) is 24.7 Å². The normalized spacial score (nSPS) is 10.4. The molecule has 0 spiro atoms. The van der Waals surface area contributed by atoms with Crippen LogP contribution in [0.2, 0.25) is 5.15 Å². The molecule has 0 aliphatic carbocycles. The lowest BCUT2D eigenvalue weighted by Gasteiger charge is -2.09. The van der Waals surface area contributed by atoms with Gasteiger partial charge in [-0.05, 0) is 39.1 Å². The fourth-order valence-electron chi connectivity index (χ4n) is 3.76. The Morgan fingerprint density at radius 2 is 1.89 bits per heavy atom. The van der Waals surface area contributed by atoms with Gasteiger partial charge in [0.15, 0.2) is 40.1 Å². The van der Waals surface area contributed by atoms with E-state index in [1.54, 1.807) is 7.11 Å². The van der Waals surface area contributed by atoms with Gasteiger partial charge in [-0.3, -0.25) is 9.59 Å². The van der Waals surface area contributed by atoms with E-state index in [-0.39, 0.29) is 66.3 Å². The van der Waals surface area contributed by atoms with Crippen molar-refractivity contribution in [3.05, 3.63) is 34.9 Å². The molecule has 1 aromatic carbocycles. The van der Waals surface area contributed by atoms with Crippen molar-refractivity contribution in [3.8, 4) is 5.75 Å². The Labute approximate surface area is 232 Å². The van der Waals surface area contributed by atoms with E-state index in [2.05, 4.69) is 25.9 Å². The van der Waals surface area contributed by atoms with Crippen LogP contribution < -0.4 is 49.1 Å². The molecule has 0 radical (unpaired) electrons. The average Bonchev–Trinajstić information content (AvgIpc) is 3.13. The molecule has 15 heteroatoms. The molecule has 0 aliphatic heterocycles. The van der Waals surface area contributed by atoms with Crippen LogP contribution in [0.5, 0.6) is 5.75 Å². The molecule has 7 N–H and O–H groups in total. The summed E-state index contributed by atoms with van der Waals surface area (Å²) in [6.45, 7) is 4.12. The van der Waals surface area contributed by atoms with Crippen molar-refractivity contribution in [2.75, 3.05) is 38.7 Å². The molecule has 3 rings (SSSR count). The third-order valence-corrected chi connectivity index (χ3v) is 5.74. The maximum absolute atomic E-state index is 12.8. The Morgan fingerprint density at radius 3 is 2.54 bits per heavy atom. The van der Waals surface area contributed by atoms with Gasteiger partial charge in [0.05, 0.1) is 13.7 Å². The SMILES string of the molecule is CCn1c(CNC(=O)c2nc(Cl)c(N)nc2N)[n+](CC(=O)NCCCNC)c2ccc(OC)cc21.Cl.[Cl-]. The molecule has 2 aromatic heterocycles. The number of benzene rings is 1. The zero-order chi connectivity index (χ0) is 25.5. The first-order valence-corrected chi connectivity index (χ1v) is 11.5. The predicted octanol–water partition coefficient (Wildman–Crippen LogP) is -2.35. The number of carbonyl (C=O) groups is 2. The molecule has 0 fully saturated rings. The smallest absolute Gasteiger partial charge is 0.277 e. The molecule has 0 saturated heterocycles. The second-order valence-corrected chi connectivity index (χ2v) is 8.08. The number of nitrogen functional groups attached to an aromatic ring is 2. The van der Waals surface area contributed by atoms with Crippen LogP contribution in [0.4, 0.5) is 11.6 Å². The van der Waals surface area contributed by atoms with E-state index in [0.717, 1.165) is 24.0 Å². The van der Waals surface area contributed by atoms with Crippen molar-refractivity contribution in [1.82, 2.24) is 30.5 Å². The highest BCUT2D eigenvalue weighted by atomic mass is 35.5. The van der Waals surface area contributed by atoms with Crippen LogP contribution in [-0.4, -0.2) is 53.6 Å². The van der Waals surface area contributed by atoms with Crippen molar-refractivity contribution in [2.45, 2.75) is 33.0 Å². The predicted molar refractivity (Wildman–Crippen MR) is 140 cm³/mol. The number of hydrogen-bond acceptors (Lipinski definition) is 8. The standard InChI is InChI=1S/C22H30ClN9O3.2ClH/c1-4-31-15-10-13(35-3)6-7-14(15)32(12-16(33)27-9-5-8-26-2)17(31)11-28-22(34)18-20(24)30-21(25)19(23)29-18;;/h6-7,10,26H,4-5,8-9,11-12H2,1-3H3,(H5-,24,25,27,28,30,33,34);2*1H. The first-order chi connectivity index (χ1) is 16.8. The lowest BCUT2D eigenvalue weighted by atomic mass is 10.3. The fourth-order valence-corrected chi connectivity index (χ4v) is 3.89. The first-order valence-electron chi connectivity index (χ1n) is 11.2. The summed E-state index contributed by atoms with van der Waals surface area (Å²) in [7, 11) is 3.46. The van der Waals surface area contributed by atoms with E-state index < -0.39 is 5.91 Å². The Bertz CT molecular complexity index is 1240. The molecule has 0 aliphatic rings. The molecule has 37 heavy (non-hydrogen) atoms. The van der Waals surface area contributed by atoms with Gasteiger partial charge in [-0.15, -0.1) is 12.4 Å². The number of imidazole rings is 1. The molecule has 204 valence electrons. The minimum atomic E-state index is -0.564. The maximum Gasteiger partial charge on any atom is 0.277 e. The molecule has 2 amide bonds. The van der Waals surface area contributed by atoms with Crippen LogP contribution in [-0.2, 0) is 24.4 Å². The maximum atomic E-state index is 12.8. The summed E-state index contributed by atoms with van der Waals surface area (Å²) in [5.41, 5.74) is 13.0. The fraction of sp³-hybridized carbons (Fsp3) is 0.409. The van der Waals surface area contributed by atoms with Gasteiger partial charge < -0.3 is 44.6 Å². The van der Waals surface area contributed by atoms with Crippen molar-refractivity contribution in [1.29, 1.82) is 0 Å². The zero-order valence-electron chi connectivity index (χ0n) is 20.8. The number of halogens is 3. The summed E-state index contributed by atoms with van der Waals surface area (Å²) in [5, 5.41) is 8.69. The zero-order valence-corrected chi connectivity index (χ0v) is 23.1. The number of amides is 2. The number of rotatable bonds is 11. The molecule has 2 heterocycles. The quantitative estimate of drug-likeness (QED) is 0.125. The van der Waals surface area contributed by atoms with Gasteiger partial charge in [0.2, 0.25) is 0 Å². The summed E-state index contributed by atoms with van der Waals surface area (Å²) in [5.74, 6) is 0.514. The van der Waals surface area contributed by atoms with Crippen LogP contribution in [0.15, 0.2) is 18.2 Å². The van der Waals surface area contributed by atoms with Gasteiger partial charge in [0.25, 0.3) is 17.6 Å². The topological polar surface area (TPSA) is 166 Å². The molecule has 0 atom stereocenters. The molecular formula is C22H32Cl3N9O3. The van der Waals surface area contributed by atoms with Gasteiger partial charge in [-0.2, -0.15) is 0 Å². The largest absolute Gasteiger partial charge is 1.00 e. The summed E-state index contributed by atoms with van der Waals surface area (Å²) in [4.78, 5) is 33.4. The summed E-state index contributed by atoms with van der Waals surface area (Å²) in [6.07, 6.45) is 0.816. The number of methoxy groups -OCH3 is 1. The lowest BCUT2D eigenvalue weighted by Crippen LogP contribution is -3.00. The summed E-state index contributed by atoms with van der Waals surface area (Å²) in [6, 6.07) is 5.62. The van der Waals surface area contributed by atoms with Crippen LogP contribution >= 0.6 is 24.0 Å². The highest BCUT2D eigenvalue weighted by molar-refractivity contribution is 6.31. The Balaban J connectivity index is 0.00000342. The third-order valence-electron chi connectivity index (χ3n) is 5.46. The molecule has 3 aromatic rings. The minimum absolute atomic E-state index is 0. The van der Waals surface area contributed by atoms with Crippen LogP contribution in [0.25, 0.3) is 11.0 Å². The number of aromatic nitrogens is 4. The first kappa shape index (κ1) is 32.0. The van der Waals surface area contributed by atoms with Gasteiger partial charge >= 0.3 is 0 Å². The summed E-state index contributed by atoms with van der Waals surface area (Å²) >= 11 is 5.92. The van der Waals surface area contributed by atoms with E-state index in [9.17, 15) is 9.59 Å². The number of ether oxygens (including phenoxy) is 1. The molecule has 12 nitrogen and oxygen atoms in total. The number of fused-ring (bicyclic) bond motifs is 1.